The molecule has 6 nitrogen and oxygen atoms in total. The number of halogens is 1. The number of carbonyl (C=O) groups is 1. The van der Waals surface area contributed by atoms with E-state index in [2.05, 4.69) is 10.0 Å². The molecule has 2 saturated carbocycles. The monoisotopic (exact) mass is 383 g/mol. The molecule has 1 aromatic carbocycles. The van der Waals surface area contributed by atoms with Crippen molar-refractivity contribution >= 4 is 15.9 Å². The van der Waals surface area contributed by atoms with Gasteiger partial charge in [-0.05, 0) is 56.6 Å². The highest BCUT2D eigenvalue weighted by molar-refractivity contribution is 7.89. The molecule has 2 aliphatic rings. The molecule has 2 fully saturated rings. The molecular formula is C18H26FN3O3S. The Hall–Kier alpha value is -1.51. The number of hydrogen-bond donors (Lipinski definition) is 3. The largest absolute Gasteiger partial charge is 0.351 e. The number of carbonyl (C=O) groups excluding carboxylic acids is 1. The summed E-state index contributed by atoms with van der Waals surface area (Å²) in [6.07, 6.45) is 4.98. The zero-order valence-corrected chi connectivity index (χ0v) is 15.6. The SMILES string of the molecule is CC(NS(=O)(=O)c1ccccc1F)C(=O)NC1C2CCCC1CC(N)C2. The normalized spacial score (nSPS) is 29.8. The maximum absolute atomic E-state index is 13.8. The van der Waals surface area contributed by atoms with Crippen LogP contribution in [0.25, 0.3) is 0 Å². The third kappa shape index (κ3) is 4.07. The Kier molecular flexibility index (Phi) is 5.64. The Morgan fingerprint density at radius 2 is 1.85 bits per heavy atom. The Labute approximate surface area is 153 Å². The summed E-state index contributed by atoms with van der Waals surface area (Å²) >= 11 is 0. The van der Waals surface area contributed by atoms with E-state index >= 15 is 0 Å². The predicted molar refractivity (Wildman–Crippen MR) is 96.2 cm³/mol. The highest BCUT2D eigenvalue weighted by Gasteiger charge is 2.40. The summed E-state index contributed by atoms with van der Waals surface area (Å²) in [4.78, 5) is 12.1. The molecule has 0 radical (unpaired) electrons. The van der Waals surface area contributed by atoms with Gasteiger partial charge in [0.05, 0.1) is 6.04 Å². The fraction of sp³-hybridized carbons (Fsp3) is 0.611. The van der Waals surface area contributed by atoms with E-state index in [0.717, 1.165) is 38.2 Å². The second-order valence-corrected chi connectivity index (χ2v) is 9.17. The smallest absolute Gasteiger partial charge is 0.244 e. The van der Waals surface area contributed by atoms with Crippen LogP contribution in [0.15, 0.2) is 29.2 Å². The molecule has 1 aromatic rings. The van der Waals surface area contributed by atoms with Crippen LogP contribution in [0.5, 0.6) is 0 Å². The van der Waals surface area contributed by atoms with Gasteiger partial charge in [0.2, 0.25) is 15.9 Å². The van der Waals surface area contributed by atoms with Gasteiger partial charge >= 0.3 is 0 Å². The van der Waals surface area contributed by atoms with Crippen molar-refractivity contribution in [1.29, 1.82) is 0 Å². The van der Waals surface area contributed by atoms with Gasteiger partial charge < -0.3 is 11.1 Å². The number of amides is 1. The minimum absolute atomic E-state index is 0.0384. The van der Waals surface area contributed by atoms with Crippen LogP contribution >= 0.6 is 0 Å². The number of hydrogen-bond acceptors (Lipinski definition) is 4. The van der Waals surface area contributed by atoms with E-state index < -0.39 is 26.8 Å². The molecule has 0 saturated heterocycles. The first-order valence-corrected chi connectivity index (χ1v) is 10.6. The number of sulfonamides is 1. The number of nitrogens with one attached hydrogen (secondary N) is 2. The minimum Gasteiger partial charge on any atom is -0.351 e. The standard InChI is InChI=1S/C18H26FN3O3S/c1-11(22-26(24,25)16-8-3-2-7-15(16)19)18(23)21-17-12-5-4-6-13(17)10-14(20)9-12/h2-3,7-8,11-14,17,22H,4-6,9-10,20H2,1H3,(H,21,23). The van der Waals surface area contributed by atoms with Gasteiger partial charge in [0.1, 0.15) is 10.7 Å². The van der Waals surface area contributed by atoms with Crippen molar-refractivity contribution in [2.24, 2.45) is 17.6 Å². The molecule has 2 aliphatic carbocycles. The van der Waals surface area contributed by atoms with E-state index in [1.165, 1.54) is 25.1 Å². The molecule has 0 aromatic heterocycles. The van der Waals surface area contributed by atoms with E-state index in [9.17, 15) is 17.6 Å². The Morgan fingerprint density at radius 1 is 1.23 bits per heavy atom. The molecule has 144 valence electrons. The minimum atomic E-state index is -4.11. The zero-order valence-electron chi connectivity index (χ0n) is 14.8. The summed E-state index contributed by atoms with van der Waals surface area (Å²) in [5.74, 6) is -0.542. The summed E-state index contributed by atoms with van der Waals surface area (Å²) < 4.78 is 40.7. The average Bonchev–Trinajstić information content (AvgIpc) is 2.55. The Balaban J connectivity index is 1.66. The third-order valence-corrected chi connectivity index (χ3v) is 7.11. The summed E-state index contributed by atoms with van der Waals surface area (Å²) in [6, 6.07) is 4.33. The van der Waals surface area contributed by atoms with Crippen LogP contribution in [0.4, 0.5) is 4.39 Å². The van der Waals surface area contributed by atoms with Crippen molar-refractivity contribution in [2.75, 3.05) is 0 Å². The molecule has 1 amide bonds. The lowest BCUT2D eigenvalue weighted by atomic mass is 9.67. The molecule has 0 heterocycles. The first-order valence-electron chi connectivity index (χ1n) is 9.10. The molecule has 4 N–H and O–H groups in total. The van der Waals surface area contributed by atoms with E-state index in [4.69, 9.17) is 5.73 Å². The van der Waals surface area contributed by atoms with Gasteiger partial charge in [-0.3, -0.25) is 4.79 Å². The molecule has 26 heavy (non-hydrogen) atoms. The maximum Gasteiger partial charge on any atom is 0.244 e. The molecule has 3 unspecified atom stereocenters. The number of fused-ring (bicyclic) bond motifs is 2. The van der Waals surface area contributed by atoms with Gasteiger partial charge in [-0.1, -0.05) is 18.6 Å². The molecular weight excluding hydrogens is 357 g/mol. The first kappa shape index (κ1) is 19.3. The Morgan fingerprint density at radius 3 is 2.46 bits per heavy atom. The maximum atomic E-state index is 13.8. The highest BCUT2D eigenvalue weighted by Crippen LogP contribution is 2.39. The molecule has 0 spiro atoms. The van der Waals surface area contributed by atoms with Crippen molar-refractivity contribution in [3.8, 4) is 0 Å². The van der Waals surface area contributed by atoms with Gasteiger partial charge in [0.15, 0.2) is 0 Å². The number of nitrogens with two attached hydrogens (primary N) is 1. The lowest BCUT2D eigenvalue weighted by Gasteiger charge is -2.45. The van der Waals surface area contributed by atoms with Crippen molar-refractivity contribution in [3.05, 3.63) is 30.1 Å². The molecule has 8 heteroatoms. The van der Waals surface area contributed by atoms with Crippen molar-refractivity contribution in [2.45, 2.75) is 62.0 Å². The van der Waals surface area contributed by atoms with E-state index in [-0.39, 0.29) is 18.0 Å². The summed E-state index contributed by atoms with van der Waals surface area (Å²) in [6.45, 7) is 1.47. The summed E-state index contributed by atoms with van der Waals surface area (Å²) in [7, 11) is -4.11. The second kappa shape index (κ2) is 7.62. The van der Waals surface area contributed by atoms with Crippen molar-refractivity contribution in [3.63, 3.8) is 0 Å². The van der Waals surface area contributed by atoms with Crippen LogP contribution in [0, 0.1) is 17.7 Å². The van der Waals surface area contributed by atoms with Crippen molar-refractivity contribution < 1.29 is 17.6 Å². The fourth-order valence-electron chi connectivity index (χ4n) is 4.33. The molecule has 0 aliphatic heterocycles. The zero-order chi connectivity index (χ0) is 18.9. The third-order valence-electron chi connectivity index (χ3n) is 5.54. The molecule has 3 atom stereocenters. The van der Waals surface area contributed by atoms with Gasteiger partial charge in [-0.25, -0.2) is 12.8 Å². The van der Waals surface area contributed by atoms with Crippen LogP contribution in [0.1, 0.15) is 39.0 Å². The van der Waals surface area contributed by atoms with Crippen LogP contribution in [0.3, 0.4) is 0 Å². The second-order valence-electron chi connectivity index (χ2n) is 7.49. The van der Waals surface area contributed by atoms with Crippen LogP contribution < -0.4 is 15.8 Å². The van der Waals surface area contributed by atoms with Gasteiger partial charge in [-0.2, -0.15) is 4.72 Å². The number of rotatable bonds is 5. The topological polar surface area (TPSA) is 101 Å². The highest BCUT2D eigenvalue weighted by atomic mass is 32.2. The van der Waals surface area contributed by atoms with Crippen LogP contribution in [0.2, 0.25) is 0 Å². The van der Waals surface area contributed by atoms with Crippen LogP contribution in [-0.2, 0) is 14.8 Å². The van der Waals surface area contributed by atoms with Gasteiger partial charge in [0, 0.05) is 12.1 Å². The Bertz CT molecular complexity index is 757. The summed E-state index contributed by atoms with van der Waals surface area (Å²) in [5, 5.41) is 3.01. The molecule has 2 bridgehead atoms. The lowest BCUT2D eigenvalue weighted by molar-refractivity contribution is -0.124. The first-order chi connectivity index (χ1) is 12.3. The van der Waals surface area contributed by atoms with Crippen LogP contribution in [-0.4, -0.2) is 32.5 Å². The average molecular weight is 383 g/mol. The predicted octanol–water partition coefficient (Wildman–Crippen LogP) is 1.51. The molecule has 3 rings (SSSR count). The van der Waals surface area contributed by atoms with Gasteiger partial charge in [0.25, 0.3) is 0 Å². The van der Waals surface area contributed by atoms with Gasteiger partial charge in [-0.15, -0.1) is 0 Å². The number of benzene rings is 1. The van der Waals surface area contributed by atoms with E-state index in [1.54, 1.807) is 0 Å². The fourth-order valence-corrected chi connectivity index (χ4v) is 5.61. The summed E-state index contributed by atoms with van der Waals surface area (Å²) in [5.41, 5.74) is 6.10. The lowest BCUT2D eigenvalue weighted by Crippen LogP contribution is -2.57. The van der Waals surface area contributed by atoms with Crippen molar-refractivity contribution in [1.82, 2.24) is 10.0 Å². The van der Waals surface area contributed by atoms with E-state index in [1.807, 2.05) is 0 Å². The quantitative estimate of drug-likeness (QED) is 0.717. The van der Waals surface area contributed by atoms with E-state index in [0.29, 0.717) is 11.8 Å².